The van der Waals surface area contributed by atoms with Crippen molar-refractivity contribution < 1.29 is 4.74 Å². The zero-order chi connectivity index (χ0) is 26.4. The van der Waals surface area contributed by atoms with Crippen molar-refractivity contribution in [3.8, 4) is 0 Å². The molecule has 3 aliphatic carbocycles. The maximum Gasteiger partial charge on any atom is 0.153 e. The highest BCUT2D eigenvalue weighted by Crippen LogP contribution is 2.53. The van der Waals surface area contributed by atoms with E-state index in [0.29, 0.717) is 17.0 Å². The molecular formula is C29H45N7O. The molecule has 0 radical (unpaired) electrons. The van der Waals surface area contributed by atoms with Crippen molar-refractivity contribution in [1.82, 2.24) is 20.1 Å². The number of nitrogens with one attached hydrogen (secondary N) is 1. The van der Waals surface area contributed by atoms with Gasteiger partial charge in [-0.1, -0.05) is 0 Å². The van der Waals surface area contributed by atoms with E-state index in [0.717, 1.165) is 49.7 Å². The van der Waals surface area contributed by atoms with Crippen molar-refractivity contribution in [2.24, 2.45) is 10.5 Å². The molecule has 202 valence electrons. The predicted octanol–water partition coefficient (Wildman–Crippen LogP) is 4.54. The molecule has 2 aromatic rings. The fourth-order valence-electron chi connectivity index (χ4n) is 7.26. The summed E-state index contributed by atoms with van der Waals surface area (Å²) in [7, 11) is 3.70. The second kappa shape index (κ2) is 10.0. The molecule has 2 bridgehead atoms. The van der Waals surface area contributed by atoms with Crippen LogP contribution in [-0.2, 0) is 24.2 Å². The summed E-state index contributed by atoms with van der Waals surface area (Å²) < 4.78 is 7.78. The molecule has 8 nitrogen and oxygen atoms in total. The molecule has 0 saturated heterocycles. The number of nitrogens with zero attached hydrogens (tertiary/aromatic N) is 6. The van der Waals surface area contributed by atoms with Crippen LogP contribution < -0.4 is 15.2 Å². The average Bonchev–Trinajstić information content (AvgIpc) is 3.19. The van der Waals surface area contributed by atoms with Crippen LogP contribution in [0.25, 0.3) is 0 Å². The molecule has 0 amide bonds. The van der Waals surface area contributed by atoms with Gasteiger partial charge in [0, 0.05) is 86.7 Å². The lowest BCUT2D eigenvalue weighted by Gasteiger charge is -2.54. The number of hydrogen-bond acceptors (Lipinski definition) is 7. The molecule has 0 aromatic carbocycles. The second-order valence-corrected chi connectivity index (χ2v) is 12.0. The van der Waals surface area contributed by atoms with E-state index in [1.807, 2.05) is 7.05 Å². The minimum Gasteiger partial charge on any atom is -0.383 e. The predicted molar refractivity (Wildman–Crippen MR) is 151 cm³/mol. The molecule has 6 rings (SSSR count). The number of methoxy groups -OCH3 is 1. The van der Waals surface area contributed by atoms with E-state index < -0.39 is 0 Å². The Bertz CT molecular complexity index is 1130. The Morgan fingerprint density at radius 3 is 2.54 bits per heavy atom. The highest BCUT2D eigenvalue weighted by atomic mass is 16.5. The van der Waals surface area contributed by atoms with Gasteiger partial charge in [-0.15, -0.1) is 0 Å². The molecule has 1 atom stereocenters. The number of ether oxygens (including phenoxy) is 1. The van der Waals surface area contributed by atoms with Crippen LogP contribution >= 0.6 is 0 Å². The monoisotopic (exact) mass is 507 g/mol. The van der Waals surface area contributed by atoms with Crippen LogP contribution in [0.5, 0.6) is 0 Å². The van der Waals surface area contributed by atoms with Gasteiger partial charge in [0.05, 0.1) is 12.3 Å². The highest BCUT2D eigenvalue weighted by molar-refractivity contribution is 5.65. The molecular weight excluding hydrogens is 462 g/mol. The zero-order valence-electron chi connectivity index (χ0n) is 23.7. The molecule has 37 heavy (non-hydrogen) atoms. The minimum atomic E-state index is 0.314. The summed E-state index contributed by atoms with van der Waals surface area (Å²) in [6, 6.07) is 2.62. The van der Waals surface area contributed by atoms with Crippen LogP contribution in [0.15, 0.2) is 11.2 Å². The maximum absolute atomic E-state index is 5.38. The summed E-state index contributed by atoms with van der Waals surface area (Å²) >= 11 is 0. The van der Waals surface area contributed by atoms with Gasteiger partial charge in [-0.2, -0.15) is 10.2 Å². The van der Waals surface area contributed by atoms with Crippen molar-refractivity contribution >= 4 is 18.2 Å². The van der Waals surface area contributed by atoms with Crippen LogP contribution in [0, 0.1) is 26.2 Å². The van der Waals surface area contributed by atoms with E-state index in [1.54, 1.807) is 12.1 Å². The summed E-state index contributed by atoms with van der Waals surface area (Å²) in [4.78, 5) is 7.21. The maximum atomic E-state index is 5.38. The molecule has 3 heterocycles. The number of fused-ring (bicyclic) bond motifs is 4. The lowest BCUT2D eigenvalue weighted by molar-refractivity contribution is -0.00219. The number of aromatic nitrogens is 3. The normalized spacial score (nSPS) is 25.7. The van der Waals surface area contributed by atoms with Gasteiger partial charge in [-0.25, -0.2) is 4.98 Å². The van der Waals surface area contributed by atoms with E-state index in [2.05, 4.69) is 60.5 Å². The summed E-state index contributed by atoms with van der Waals surface area (Å²) in [5.74, 6) is 0.874. The average molecular weight is 508 g/mol. The number of rotatable bonds is 9. The van der Waals surface area contributed by atoms with E-state index in [-0.39, 0.29) is 0 Å². The third-order valence-electron chi connectivity index (χ3n) is 9.40. The lowest BCUT2D eigenvalue weighted by atomic mass is 9.57. The van der Waals surface area contributed by atoms with Gasteiger partial charge >= 0.3 is 0 Å². The van der Waals surface area contributed by atoms with E-state index in [4.69, 9.17) is 14.8 Å². The first-order valence-electron chi connectivity index (χ1n) is 13.9. The molecule has 1 N–H and O–H groups in total. The van der Waals surface area contributed by atoms with Crippen molar-refractivity contribution in [2.75, 3.05) is 37.2 Å². The first kappa shape index (κ1) is 26.2. The standard InChI is InChI=1S/C29H45N7O/c1-20-16-26(22(3)27(31-20)34(6)30-5)35-15-8-25-24(17-35)23(4)33-36(25)19-28-9-12-29(13-10-28,14-11-28)32-21(2)18-37-7/h16,21,32H,5,8-15,17-19H2,1-4,6-7H3. The molecule has 2 aromatic heterocycles. The fraction of sp³-hybridized carbons (Fsp3) is 0.690. The molecule has 3 saturated carbocycles. The Morgan fingerprint density at radius 1 is 1.19 bits per heavy atom. The van der Waals surface area contributed by atoms with Crippen molar-refractivity contribution in [1.29, 1.82) is 0 Å². The van der Waals surface area contributed by atoms with Crippen LogP contribution in [0.4, 0.5) is 11.5 Å². The van der Waals surface area contributed by atoms with Gasteiger partial charge in [-0.3, -0.25) is 9.69 Å². The van der Waals surface area contributed by atoms with E-state index in [1.165, 1.54) is 61.2 Å². The molecule has 3 fully saturated rings. The Labute approximate surface area is 222 Å². The fourth-order valence-corrected chi connectivity index (χ4v) is 7.26. The minimum absolute atomic E-state index is 0.314. The molecule has 4 aliphatic rings. The number of pyridine rings is 1. The topological polar surface area (TPSA) is 70.8 Å². The summed E-state index contributed by atoms with van der Waals surface area (Å²) in [5, 5.41) is 14.9. The van der Waals surface area contributed by atoms with Gasteiger partial charge in [-0.05, 0) is 77.7 Å². The van der Waals surface area contributed by atoms with Gasteiger partial charge in [0.25, 0.3) is 0 Å². The summed E-state index contributed by atoms with van der Waals surface area (Å²) in [6.07, 6.45) is 8.72. The number of hydrazone groups is 1. The first-order valence-corrected chi connectivity index (χ1v) is 13.9. The largest absolute Gasteiger partial charge is 0.383 e. The molecule has 8 heteroatoms. The third-order valence-corrected chi connectivity index (χ3v) is 9.40. The summed E-state index contributed by atoms with van der Waals surface area (Å²) in [6.45, 7) is 16.1. The lowest BCUT2D eigenvalue weighted by Crippen LogP contribution is -2.58. The van der Waals surface area contributed by atoms with Gasteiger partial charge < -0.3 is 15.0 Å². The van der Waals surface area contributed by atoms with Crippen LogP contribution in [0.2, 0.25) is 0 Å². The Balaban J connectivity index is 1.32. The van der Waals surface area contributed by atoms with E-state index >= 15 is 0 Å². The number of anilines is 2. The Hall–Kier alpha value is -2.45. The second-order valence-electron chi connectivity index (χ2n) is 12.0. The molecule has 1 aliphatic heterocycles. The quantitative estimate of drug-likeness (QED) is 0.397. The number of hydrogen-bond donors (Lipinski definition) is 1. The van der Waals surface area contributed by atoms with Gasteiger partial charge in [0.1, 0.15) is 0 Å². The van der Waals surface area contributed by atoms with Gasteiger partial charge in [0.15, 0.2) is 5.82 Å². The summed E-state index contributed by atoms with van der Waals surface area (Å²) in [5.41, 5.74) is 8.13. The van der Waals surface area contributed by atoms with Crippen LogP contribution in [-0.4, -0.2) is 60.4 Å². The van der Waals surface area contributed by atoms with Crippen LogP contribution in [0.1, 0.15) is 73.7 Å². The number of aryl methyl sites for hydroxylation is 2. The van der Waals surface area contributed by atoms with Crippen molar-refractivity contribution in [3.63, 3.8) is 0 Å². The third kappa shape index (κ3) is 4.90. The van der Waals surface area contributed by atoms with E-state index in [9.17, 15) is 0 Å². The van der Waals surface area contributed by atoms with Crippen molar-refractivity contribution in [2.45, 2.75) is 97.3 Å². The Morgan fingerprint density at radius 2 is 1.89 bits per heavy atom. The van der Waals surface area contributed by atoms with Gasteiger partial charge in [0.2, 0.25) is 0 Å². The first-order chi connectivity index (χ1) is 17.7. The Kier molecular flexibility index (Phi) is 7.09. The highest BCUT2D eigenvalue weighted by Gasteiger charge is 2.49. The van der Waals surface area contributed by atoms with Crippen molar-refractivity contribution in [3.05, 3.63) is 34.3 Å². The SMILES string of the molecule is C=NN(C)c1nc(C)cc(N2CCc3c(c(C)nn3CC34CCC(NC(C)COC)(CC3)CC4)C2)c1C. The molecule has 0 spiro atoms. The zero-order valence-corrected chi connectivity index (χ0v) is 23.7. The van der Waals surface area contributed by atoms with Crippen LogP contribution in [0.3, 0.4) is 0 Å². The molecule has 1 unspecified atom stereocenters. The smallest absolute Gasteiger partial charge is 0.153 e.